The molecule has 0 atom stereocenters. The number of hydrogen-bond acceptors (Lipinski definition) is 5. The molecule has 0 fully saturated rings. The Morgan fingerprint density at radius 1 is 1.11 bits per heavy atom. The summed E-state index contributed by atoms with van der Waals surface area (Å²) < 4.78 is 0. The van der Waals surface area contributed by atoms with Gasteiger partial charge in [-0.1, -0.05) is 18.2 Å². The molecule has 1 aliphatic heterocycles. The molecule has 2 N–H and O–H groups in total. The largest absolute Gasteiger partial charge is 0.349 e. The van der Waals surface area contributed by atoms with Crippen molar-refractivity contribution in [1.82, 2.24) is 20.5 Å². The summed E-state index contributed by atoms with van der Waals surface area (Å²) in [4.78, 5) is 4.36. The SMILES string of the molecule is Cc1nnc(NCc2ccc3c(c2)CNC3)nc1C. The van der Waals surface area contributed by atoms with Crippen LogP contribution in [-0.4, -0.2) is 15.2 Å². The molecule has 1 aliphatic rings. The van der Waals surface area contributed by atoms with Crippen molar-refractivity contribution in [1.29, 1.82) is 0 Å². The van der Waals surface area contributed by atoms with Gasteiger partial charge in [-0.15, -0.1) is 5.10 Å². The summed E-state index contributed by atoms with van der Waals surface area (Å²) in [5, 5.41) is 14.7. The Labute approximate surface area is 112 Å². The summed E-state index contributed by atoms with van der Waals surface area (Å²) in [6.45, 7) is 6.51. The van der Waals surface area contributed by atoms with Gasteiger partial charge in [0, 0.05) is 19.6 Å². The monoisotopic (exact) mass is 255 g/mol. The number of hydrogen-bond donors (Lipinski definition) is 2. The molecule has 0 amide bonds. The highest BCUT2D eigenvalue weighted by molar-refractivity contribution is 5.36. The fourth-order valence-electron chi connectivity index (χ4n) is 2.17. The molecule has 2 heterocycles. The Bertz CT molecular complexity index is 609. The van der Waals surface area contributed by atoms with Crippen LogP contribution in [0.25, 0.3) is 0 Å². The molecule has 0 saturated carbocycles. The first-order valence-corrected chi connectivity index (χ1v) is 6.45. The topological polar surface area (TPSA) is 62.7 Å². The van der Waals surface area contributed by atoms with Gasteiger partial charge < -0.3 is 10.6 Å². The van der Waals surface area contributed by atoms with Crippen LogP contribution in [0.4, 0.5) is 5.95 Å². The average Bonchev–Trinajstić information content (AvgIpc) is 2.87. The quantitative estimate of drug-likeness (QED) is 0.874. The van der Waals surface area contributed by atoms with E-state index in [1.165, 1.54) is 16.7 Å². The molecule has 0 saturated heterocycles. The van der Waals surface area contributed by atoms with Gasteiger partial charge >= 0.3 is 0 Å². The second-order valence-corrected chi connectivity index (χ2v) is 4.87. The van der Waals surface area contributed by atoms with Crippen molar-refractivity contribution in [3.63, 3.8) is 0 Å². The molecule has 5 nitrogen and oxygen atoms in total. The molecule has 98 valence electrons. The van der Waals surface area contributed by atoms with Crippen LogP contribution >= 0.6 is 0 Å². The second kappa shape index (κ2) is 4.93. The van der Waals surface area contributed by atoms with Crippen molar-refractivity contribution in [2.45, 2.75) is 33.5 Å². The molecular formula is C14H17N5. The molecule has 19 heavy (non-hydrogen) atoms. The third-order valence-electron chi connectivity index (χ3n) is 3.44. The van der Waals surface area contributed by atoms with Gasteiger partial charge in [0.15, 0.2) is 0 Å². The molecule has 1 aromatic carbocycles. The average molecular weight is 255 g/mol. The number of fused-ring (bicyclic) bond motifs is 1. The minimum Gasteiger partial charge on any atom is -0.349 e. The lowest BCUT2D eigenvalue weighted by Gasteiger charge is -2.07. The van der Waals surface area contributed by atoms with Gasteiger partial charge in [-0.05, 0) is 30.5 Å². The molecule has 0 radical (unpaired) electrons. The van der Waals surface area contributed by atoms with Gasteiger partial charge in [0.05, 0.1) is 11.4 Å². The van der Waals surface area contributed by atoms with Gasteiger partial charge in [-0.25, -0.2) is 4.98 Å². The van der Waals surface area contributed by atoms with E-state index < -0.39 is 0 Å². The van der Waals surface area contributed by atoms with Crippen molar-refractivity contribution in [3.8, 4) is 0 Å². The van der Waals surface area contributed by atoms with Crippen molar-refractivity contribution < 1.29 is 0 Å². The predicted molar refractivity (Wildman–Crippen MR) is 73.6 cm³/mol. The normalized spacial score (nSPS) is 13.4. The van der Waals surface area contributed by atoms with Crippen molar-refractivity contribution in [2.75, 3.05) is 5.32 Å². The first-order valence-electron chi connectivity index (χ1n) is 6.45. The van der Waals surface area contributed by atoms with E-state index >= 15 is 0 Å². The van der Waals surface area contributed by atoms with Crippen LogP contribution in [0.1, 0.15) is 28.1 Å². The predicted octanol–water partition coefficient (Wildman–Crippen LogP) is 1.70. The molecule has 0 bridgehead atoms. The van der Waals surface area contributed by atoms with Crippen LogP contribution in [0.5, 0.6) is 0 Å². The maximum absolute atomic E-state index is 4.36. The molecule has 0 spiro atoms. The van der Waals surface area contributed by atoms with E-state index in [9.17, 15) is 0 Å². The fourth-order valence-corrected chi connectivity index (χ4v) is 2.17. The van der Waals surface area contributed by atoms with Gasteiger partial charge in [-0.2, -0.15) is 5.10 Å². The van der Waals surface area contributed by atoms with Gasteiger partial charge in [0.1, 0.15) is 0 Å². The standard InChI is InChI=1S/C14H17N5/c1-9-10(2)18-19-14(17-9)16-6-11-3-4-12-7-15-8-13(12)5-11/h3-5,15H,6-8H2,1-2H3,(H,16,17,19). The lowest BCUT2D eigenvalue weighted by Crippen LogP contribution is -2.07. The first-order chi connectivity index (χ1) is 9.22. The van der Waals surface area contributed by atoms with Crippen molar-refractivity contribution >= 4 is 5.95 Å². The molecule has 5 heteroatoms. The molecule has 1 aromatic heterocycles. The maximum Gasteiger partial charge on any atom is 0.243 e. The molecule has 3 rings (SSSR count). The number of aryl methyl sites for hydroxylation is 2. The molecule has 0 aliphatic carbocycles. The van der Waals surface area contributed by atoms with Crippen molar-refractivity contribution in [3.05, 3.63) is 46.3 Å². The zero-order valence-electron chi connectivity index (χ0n) is 11.2. The van der Waals surface area contributed by atoms with Crippen LogP contribution < -0.4 is 10.6 Å². The maximum atomic E-state index is 4.36. The molecule has 2 aromatic rings. The number of rotatable bonds is 3. The van der Waals surface area contributed by atoms with Gasteiger partial charge in [0.25, 0.3) is 0 Å². The smallest absolute Gasteiger partial charge is 0.243 e. The van der Waals surface area contributed by atoms with Crippen LogP contribution in [-0.2, 0) is 19.6 Å². The highest BCUT2D eigenvalue weighted by atomic mass is 15.2. The van der Waals surface area contributed by atoms with E-state index in [0.29, 0.717) is 5.95 Å². The third-order valence-corrected chi connectivity index (χ3v) is 3.44. The fraction of sp³-hybridized carbons (Fsp3) is 0.357. The van der Waals surface area contributed by atoms with Crippen molar-refractivity contribution in [2.24, 2.45) is 0 Å². The summed E-state index contributed by atoms with van der Waals surface area (Å²) >= 11 is 0. The number of benzene rings is 1. The van der Waals surface area contributed by atoms with Gasteiger partial charge in [0.2, 0.25) is 5.95 Å². The summed E-state index contributed by atoms with van der Waals surface area (Å²) in [6, 6.07) is 6.57. The van der Waals surface area contributed by atoms with E-state index in [1.807, 2.05) is 13.8 Å². The summed E-state index contributed by atoms with van der Waals surface area (Å²) in [7, 11) is 0. The molecule has 0 unspecified atom stereocenters. The molecular weight excluding hydrogens is 238 g/mol. The minimum atomic E-state index is 0.585. The zero-order valence-corrected chi connectivity index (χ0v) is 11.2. The first kappa shape index (κ1) is 12.0. The van der Waals surface area contributed by atoms with Gasteiger partial charge in [-0.3, -0.25) is 0 Å². The Kier molecular flexibility index (Phi) is 3.13. The van der Waals surface area contributed by atoms with E-state index in [1.54, 1.807) is 0 Å². The lowest BCUT2D eigenvalue weighted by atomic mass is 10.1. The third kappa shape index (κ3) is 2.56. The van der Waals surface area contributed by atoms with E-state index in [4.69, 9.17) is 0 Å². The van der Waals surface area contributed by atoms with E-state index in [-0.39, 0.29) is 0 Å². The number of anilines is 1. The van der Waals surface area contributed by atoms with Crippen LogP contribution in [0, 0.1) is 13.8 Å². The Hall–Kier alpha value is -2.01. The number of aromatic nitrogens is 3. The Morgan fingerprint density at radius 3 is 2.79 bits per heavy atom. The van der Waals surface area contributed by atoms with Crippen LogP contribution in [0.3, 0.4) is 0 Å². The highest BCUT2D eigenvalue weighted by Crippen LogP contribution is 2.17. The Morgan fingerprint density at radius 2 is 1.95 bits per heavy atom. The Balaban J connectivity index is 1.70. The summed E-state index contributed by atoms with van der Waals surface area (Å²) in [5.41, 5.74) is 5.81. The minimum absolute atomic E-state index is 0.585. The summed E-state index contributed by atoms with van der Waals surface area (Å²) in [6.07, 6.45) is 0. The van der Waals surface area contributed by atoms with E-state index in [2.05, 4.69) is 44.0 Å². The second-order valence-electron chi connectivity index (χ2n) is 4.87. The zero-order chi connectivity index (χ0) is 13.2. The van der Waals surface area contributed by atoms with Crippen LogP contribution in [0.15, 0.2) is 18.2 Å². The summed E-state index contributed by atoms with van der Waals surface area (Å²) in [5.74, 6) is 0.585. The number of nitrogens with one attached hydrogen (secondary N) is 2. The number of nitrogens with zero attached hydrogens (tertiary/aromatic N) is 3. The van der Waals surface area contributed by atoms with Crippen LogP contribution in [0.2, 0.25) is 0 Å². The van der Waals surface area contributed by atoms with E-state index in [0.717, 1.165) is 31.0 Å². The lowest BCUT2D eigenvalue weighted by molar-refractivity contribution is 0.764. The highest BCUT2D eigenvalue weighted by Gasteiger charge is 2.10.